The van der Waals surface area contributed by atoms with Crippen molar-refractivity contribution in [1.29, 1.82) is 0 Å². The molecule has 0 amide bonds. The van der Waals surface area contributed by atoms with E-state index < -0.39 is 0 Å². The molecule has 0 saturated heterocycles. The van der Waals surface area contributed by atoms with Gasteiger partial charge in [-0.25, -0.2) is 0 Å². The van der Waals surface area contributed by atoms with E-state index in [1.165, 1.54) is 0 Å². The van der Waals surface area contributed by atoms with E-state index in [2.05, 4.69) is 24.1 Å². The second-order valence-corrected chi connectivity index (χ2v) is 3.71. The molecule has 1 rings (SSSR count). The van der Waals surface area contributed by atoms with Gasteiger partial charge >= 0.3 is 0 Å². The number of rotatable bonds is 5. The minimum atomic E-state index is 0.301. The van der Waals surface area contributed by atoms with Gasteiger partial charge < -0.3 is 15.8 Å². The van der Waals surface area contributed by atoms with E-state index in [-0.39, 0.29) is 0 Å². The predicted molar refractivity (Wildman–Crippen MR) is 62.1 cm³/mol. The third kappa shape index (κ3) is 3.40. The molecule has 0 aliphatic carbocycles. The maximum atomic E-state index is 5.60. The van der Waals surface area contributed by atoms with Crippen molar-refractivity contribution in [3.05, 3.63) is 18.2 Å². The van der Waals surface area contributed by atoms with Gasteiger partial charge in [0.25, 0.3) is 0 Å². The molecule has 0 radical (unpaired) electrons. The van der Waals surface area contributed by atoms with E-state index >= 15 is 0 Å². The minimum absolute atomic E-state index is 0.301. The number of pyridine rings is 1. The molecule has 0 bridgehead atoms. The van der Waals surface area contributed by atoms with E-state index in [1.54, 1.807) is 7.11 Å². The Kier molecular flexibility index (Phi) is 4.37. The second kappa shape index (κ2) is 5.56. The molecule has 1 aromatic rings. The summed E-state index contributed by atoms with van der Waals surface area (Å²) >= 11 is 0. The molecule has 4 heteroatoms. The quantitative estimate of drug-likeness (QED) is 0.771. The summed E-state index contributed by atoms with van der Waals surface area (Å²) in [6.07, 6.45) is 0. The van der Waals surface area contributed by atoms with Gasteiger partial charge in [0.2, 0.25) is 5.88 Å². The number of nitrogens with zero attached hydrogens (tertiary/aromatic N) is 1. The molecule has 4 nitrogen and oxygen atoms in total. The van der Waals surface area contributed by atoms with Gasteiger partial charge in [-0.1, -0.05) is 13.0 Å². The summed E-state index contributed by atoms with van der Waals surface area (Å²) in [5, 5.41) is 3.30. The number of ether oxygens (including phenoxy) is 1. The minimum Gasteiger partial charge on any atom is -0.481 e. The highest BCUT2D eigenvalue weighted by Gasteiger charge is 2.10. The average Bonchev–Trinajstić information content (AvgIpc) is 2.28. The number of hydrogen-bond acceptors (Lipinski definition) is 4. The molecule has 1 heterocycles. The zero-order chi connectivity index (χ0) is 11.3. The summed E-state index contributed by atoms with van der Waals surface area (Å²) in [6, 6.07) is 5.95. The first-order valence-corrected chi connectivity index (χ1v) is 5.15. The summed E-state index contributed by atoms with van der Waals surface area (Å²) in [5.74, 6) is 1.85. The summed E-state index contributed by atoms with van der Waals surface area (Å²) < 4.78 is 5.05. The summed E-state index contributed by atoms with van der Waals surface area (Å²) in [5.41, 5.74) is 5.60. The fourth-order valence-electron chi connectivity index (χ4n) is 1.19. The zero-order valence-corrected chi connectivity index (χ0v) is 9.53. The normalized spacial score (nSPS) is 14.4. The lowest BCUT2D eigenvalue weighted by Gasteiger charge is -2.20. The lowest BCUT2D eigenvalue weighted by molar-refractivity contribution is 0.398. The standard InChI is InChI=1S/C11H19N3O/c1-8(7-12)9(2)13-10-5-4-6-11(14-10)15-3/h4-6,8-9H,7,12H2,1-3H3,(H,13,14). The summed E-state index contributed by atoms with van der Waals surface area (Å²) in [4.78, 5) is 4.27. The highest BCUT2D eigenvalue weighted by molar-refractivity contribution is 5.38. The molecule has 0 aromatic carbocycles. The molecular formula is C11H19N3O. The Hall–Kier alpha value is -1.29. The van der Waals surface area contributed by atoms with Crippen LogP contribution in [0.1, 0.15) is 13.8 Å². The van der Waals surface area contributed by atoms with Gasteiger partial charge in [-0.2, -0.15) is 4.98 Å². The van der Waals surface area contributed by atoms with Crippen molar-refractivity contribution in [2.75, 3.05) is 19.0 Å². The SMILES string of the molecule is COc1cccc(NC(C)C(C)CN)n1. The van der Waals surface area contributed by atoms with Crippen LogP contribution >= 0.6 is 0 Å². The largest absolute Gasteiger partial charge is 0.481 e. The van der Waals surface area contributed by atoms with Crippen LogP contribution in [-0.4, -0.2) is 24.7 Å². The highest BCUT2D eigenvalue weighted by Crippen LogP contribution is 2.13. The van der Waals surface area contributed by atoms with Crippen molar-refractivity contribution in [3.63, 3.8) is 0 Å². The van der Waals surface area contributed by atoms with Crippen LogP contribution in [-0.2, 0) is 0 Å². The van der Waals surface area contributed by atoms with Gasteiger partial charge in [0, 0.05) is 12.1 Å². The third-order valence-electron chi connectivity index (χ3n) is 2.53. The van der Waals surface area contributed by atoms with Crippen molar-refractivity contribution >= 4 is 5.82 Å². The van der Waals surface area contributed by atoms with Crippen molar-refractivity contribution in [1.82, 2.24) is 4.98 Å². The van der Waals surface area contributed by atoms with E-state index in [9.17, 15) is 0 Å². The first-order valence-electron chi connectivity index (χ1n) is 5.15. The lowest BCUT2D eigenvalue weighted by atomic mass is 10.0. The van der Waals surface area contributed by atoms with E-state index in [4.69, 9.17) is 10.5 Å². The number of aromatic nitrogens is 1. The van der Waals surface area contributed by atoms with Crippen LogP contribution < -0.4 is 15.8 Å². The van der Waals surface area contributed by atoms with Gasteiger partial charge in [-0.3, -0.25) is 0 Å². The highest BCUT2D eigenvalue weighted by atomic mass is 16.5. The van der Waals surface area contributed by atoms with Crippen LogP contribution in [0.4, 0.5) is 5.82 Å². The number of nitrogens with two attached hydrogens (primary N) is 1. The van der Waals surface area contributed by atoms with E-state index in [1.807, 2.05) is 18.2 Å². The van der Waals surface area contributed by atoms with Gasteiger partial charge in [0.15, 0.2) is 0 Å². The molecule has 2 unspecified atom stereocenters. The topological polar surface area (TPSA) is 60.2 Å². The smallest absolute Gasteiger partial charge is 0.214 e. The molecule has 15 heavy (non-hydrogen) atoms. The van der Waals surface area contributed by atoms with Crippen molar-refractivity contribution in [3.8, 4) is 5.88 Å². The fraction of sp³-hybridized carbons (Fsp3) is 0.545. The van der Waals surface area contributed by atoms with Gasteiger partial charge in [0.05, 0.1) is 7.11 Å². The van der Waals surface area contributed by atoms with Crippen molar-refractivity contribution < 1.29 is 4.74 Å². The molecule has 0 aliphatic heterocycles. The second-order valence-electron chi connectivity index (χ2n) is 3.71. The molecule has 0 saturated carbocycles. The van der Waals surface area contributed by atoms with Crippen LogP contribution in [0, 0.1) is 5.92 Å². The van der Waals surface area contributed by atoms with Crippen molar-refractivity contribution in [2.45, 2.75) is 19.9 Å². The number of nitrogens with one attached hydrogen (secondary N) is 1. The molecule has 3 N–H and O–H groups in total. The van der Waals surface area contributed by atoms with E-state index in [0.717, 1.165) is 5.82 Å². The first-order chi connectivity index (χ1) is 7.17. The Balaban J connectivity index is 2.63. The maximum Gasteiger partial charge on any atom is 0.214 e. The Morgan fingerprint density at radius 1 is 1.47 bits per heavy atom. The van der Waals surface area contributed by atoms with Crippen LogP contribution in [0.25, 0.3) is 0 Å². The predicted octanol–water partition coefficient (Wildman–Crippen LogP) is 1.49. The molecule has 2 atom stereocenters. The Labute approximate surface area is 90.8 Å². The Morgan fingerprint density at radius 2 is 2.20 bits per heavy atom. The number of hydrogen-bond donors (Lipinski definition) is 2. The number of anilines is 1. The summed E-state index contributed by atoms with van der Waals surface area (Å²) in [6.45, 7) is 4.87. The lowest BCUT2D eigenvalue weighted by Crippen LogP contribution is -2.29. The van der Waals surface area contributed by atoms with Crippen LogP contribution in [0.3, 0.4) is 0 Å². The third-order valence-corrected chi connectivity index (χ3v) is 2.53. The van der Waals surface area contributed by atoms with Gasteiger partial charge in [-0.15, -0.1) is 0 Å². The van der Waals surface area contributed by atoms with Gasteiger partial charge in [-0.05, 0) is 25.5 Å². The molecule has 0 aliphatic rings. The van der Waals surface area contributed by atoms with Gasteiger partial charge in [0.1, 0.15) is 5.82 Å². The Morgan fingerprint density at radius 3 is 2.80 bits per heavy atom. The fourth-order valence-corrected chi connectivity index (χ4v) is 1.19. The Bertz CT molecular complexity index is 304. The molecule has 84 valence electrons. The van der Waals surface area contributed by atoms with Crippen LogP contribution in [0.5, 0.6) is 5.88 Å². The molecule has 0 spiro atoms. The molecule has 0 fully saturated rings. The molecule has 1 aromatic heterocycles. The summed E-state index contributed by atoms with van der Waals surface area (Å²) in [7, 11) is 1.61. The van der Waals surface area contributed by atoms with Crippen molar-refractivity contribution in [2.24, 2.45) is 11.7 Å². The maximum absolute atomic E-state index is 5.60. The molecular weight excluding hydrogens is 190 g/mol. The van der Waals surface area contributed by atoms with Crippen LogP contribution in [0.15, 0.2) is 18.2 Å². The van der Waals surface area contributed by atoms with Crippen LogP contribution in [0.2, 0.25) is 0 Å². The number of methoxy groups -OCH3 is 1. The van der Waals surface area contributed by atoms with E-state index in [0.29, 0.717) is 24.4 Å². The average molecular weight is 209 g/mol. The zero-order valence-electron chi connectivity index (χ0n) is 9.53. The monoisotopic (exact) mass is 209 g/mol. The first kappa shape index (κ1) is 11.8.